The number of para-hydroxylation sites is 2. The minimum Gasteiger partial charge on any atom is -0.495 e. The third kappa shape index (κ3) is 3.96. The number of aryl methyl sites for hydroxylation is 1. The van der Waals surface area contributed by atoms with E-state index in [0.717, 1.165) is 23.2 Å². The van der Waals surface area contributed by atoms with Crippen molar-refractivity contribution in [3.63, 3.8) is 0 Å². The molecule has 1 atom stereocenters. The van der Waals surface area contributed by atoms with E-state index < -0.39 is 10.0 Å². The SMILES string of the molecule is COc1ccc(C)cc1S(=O)(=O)N(CC(=O)N1c2ccccc2CC1C)c1ccccc1. The smallest absolute Gasteiger partial charge is 0.268 e. The van der Waals surface area contributed by atoms with Gasteiger partial charge in [0.25, 0.3) is 10.0 Å². The number of hydrogen-bond donors (Lipinski definition) is 0. The number of anilines is 2. The molecule has 0 bridgehead atoms. The summed E-state index contributed by atoms with van der Waals surface area (Å²) < 4.78 is 34.1. The molecular formula is C25H26N2O4S. The maximum absolute atomic E-state index is 13.8. The fourth-order valence-corrected chi connectivity index (χ4v) is 5.82. The van der Waals surface area contributed by atoms with Crippen LogP contribution in [0.5, 0.6) is 5.75 Å². The van der Waals surface area contributed by atoms with Gasteiger partial charge in [-0.15, -0.1) is 0 Å². The molecule has 1 heterocycles. The van der Waals surface area contributed by atoms with Crippen molar-refractivity contribution < 1.29 is 17.9 Å². The van der Waals surface area contributed by atoms with Crippen LogP contribution in [0.15, 0.2) is 77.7 Å². The van der Waals surface area contributed by atoms with Crippen molar-refractivity contribution in [3.05, 3.63) is 83.9 Å². The molecule has 1 aliphatic heterocycles. The van der Waals surface area contributed by atoms with Crippen molar-refractivity contribution in [1.29, 1.82) is 0 Å². The Kier molecular flexibility index (Phi) is 5.93. The van der Waals surface area contributed by atoms with Gasteiger partial charge in [0.05, 0.1) is 12.8 Å². The molecule has 0 spiro atoms. The largest absolute Gasteiger partial charge is 0.495 e. The summed E-state index contributed by atoms with van der Waals surface area (Å²) in [5.41, 5.74) is 3.13. The Bertz CT molecular complexity index is 1240. The first-order valence-electron chi connectivity index (χ1n) is 10.5. The highest BCUT2D eigenvalue weighted by Crippen LogP contribution is 2.34. The van der Waals surface area contributed by atoms with E-state index in [1.165, 1.54) is 11.4 Å². The summed E-state index contributed by atoms with van der Waals surface area (Å²) in [7, 11) is -2.64. The third-order valence-electron chi connectivity index (χ3n) is 5.69. The van der Waals surface area contributed by atoms with Gasteiger partial charge in [0.1, 0.15) is 17.2 Å². The number of methoxy groups -OCH3 is 1. The summed E-state index contributed by atoms with van der Waals surface area (Å²) in [5.74, 6) is -0.0367. The quantitative estimate of drug-likeness (QED) is 0.565. The lowest BCUT2D eigenvalue weighted by Crippen LogP contribution is -2.45. The van der Waals surface area contributed by atoms with Crippen molar-refractivity contribution in [2.75, 3.05) is 22.9 Å². The molecule has 166 valence electrons. The molecule has 7 heteroatoms. The predicted octanol–water partition coefficient (Wildman–Crippen LogP) is 4.18. The second kappa shape index (κ2) is 8.67. The predicted molar refractivity (Wildman–Crippen MR) is 126 cm³/mol. The van der Waals surface area contributed by atoms with Crippen molar-refractivity contribution in [2.45, 2.75) is 31.2 Å². The molecule has 3 aromatic rings. The Morgan fingerprint density at radius 3 is 2.47 bits per heavy atom. The molecule has 0 radical (unpaired) electrons. The second-order valence-electron chi connectivity index (χ2n) is 7.95. The van der Waals surface area contributed by atoms with Crippen molar-refractivity contribution in [2.24, 2.45) is 0 Å². The molecular weight excluding hydrogens is 424 g/mol. The second-order valence-corrected chi connectivity index (χ2v) is 9.78. The number of amides is 1. The van der Waals surface area contributed by atoms with Crippen LogP contribution in [0.1, 0.15) is 18.1 Å². The highest BCUT2D eigenvalue weighted by molar-refractivity contribution is 7.93. The zero-order valence-corrected chi connectivity index (χ0v) is 19.2. The van der Waals surface area contributed by atoms with E-state index in [4.69, 9.17) is 4.74 Å². The molecule has 0 saturated carbocycles. The van der Waals surface area contributed by atoms with Crippen LogP contribution in [0.2, 0.25) is 0 Å². The molecule has 6 nitrogen and oxygen atoms in total. The van der Waals surface area contributed by atoms with E-state index in [0.29, 0.717) is 5.69 Å². The Balaban J connectivity index is 1.76. The van der Waals surface area contributed by atoms with Gasteiger partial charge in [0, 0.05) is 11.7 Å². The van der Waals surface area contributed by atoms with Crippen LogP contribution < -0.4 is 13.9 Å². The summed E-state index contributed by atoms with van der Waals surface area (Å²) in [6.45, 7) is 3.48. The molecule has 1 unspecified atom stereocenters. The average molecular weight is 451 g/mol. The molecule has 1 amide bonds. The molecule has 0 N–H and O–H groups in total. The average Bonchev–Trinajstić information content (AvgIpc) is 3.13. The van der Waals surface area contributed by atoms with E-state index in [2.05, 4.69) is 0 Å². The molecule has 0 fully saturated rings. The number of rotatable bonds is 6. The van der Waals surface area contributed by atoms with Crippen molar-refractivity contribution >= 4 is 27.3 Å². The molecule has 4 rings (SSSR count). The van der Waals surface area contributed by atoms with Crippen LogP contribution in [0.3, 0.4) is 0 Å². The normalized spacial score (nSPS) is 15.3. The van der Waals surface area contributed by atoms with Crippen LogP contribution in [0.4, 0.5) is 11.4 Å². The number of nitrogens with zero attached hydrogens (tertiary/aromatic N) is 2. The maximum Gasteiger partial charge on any atom is 0.268 e. The molecule has 0 aromatic heterocycles. The van der Waals surface area contributed by atoms with Gasteiger partial charge < -0.3 is 9.64 Å². The Hall–Kier alpha value is -3.32. The fourth-order valence-electron chi connectivity index (χ4n) is 4.16. The molecule has 0 aliphatic carbocycles. The maximum atomic E-state index is 13.8. The fraction of sp³-hybridized carbons (Fsp3) is 0.240. The number of sulfonamides is 1. The van der Waals surface area contributed by atoms with Crippen LogP contribution in [0, 0.1) is 6.92 Å². The van der Waals surface area contributed by atoms with Gasteiger partial charge in [-0.3, -0.25) is 9.10 Å². The first-order valence-corrected chi connectivity index (χ1v) is 11.9. The summed E-state index contributed by atoms with van der Waals surface area (Å²) >= 11 is 0. The number of fused-ring (bicyclic) bond motifs is 1. The van der Waals surface area contributed by atoms with E-state index in [1.807, 2.05) is 44.2 Å². The zero-order valence-electron chi connectivity index (χ0n) is 18.4. The summed E-state index contributed by atoms with van der Waals surface area (Å²) in [6.07, 6.45) is 0.742. The summed E-state index contributed by atoms with van der Waals surface area (Å²) in [4.78, 5) is 15.2. The van der Waals surface area contributed by atoms with Crippen LogP contribution in [-0.4, -0.2) is 34.0 Å². The van der Waals surface area contributed by atoms with E-state index in [1.54, 1.807) is 47.4 Å². The van der Waals surface area contributed by atoms with Gasteiger partial charge in [0.2, 0.25) is 5.91 Å². The van der Waals surface area contributed by atoms with Crippen LogP contribution >= 0.6 is 0 Å². The summed E-state index contributed by atoms with van der Waals surface area (Å²) in [5, 5.41) is 0. The van der Waals surface area contributed by atoms with Crippen molar-refractivity contribution in [3.8, 4) is 5.75 Å². The van der Waals surface area contributed by atoms with E-state index in [9.17, 15) is 13.2 Å². The Labute approximate surface area is 189 Å². The molecule has 3 aromatic carbocycles. The first-order chi connectivity index (χ1) is 15.3. The monoisotopic (exact) mass is 450 g/mol. The van der Waals surface area contributed by atoms with Crippen LogP contribution in [0.25, 0.3) is 0 Å². The first kappa shape index (κ1) is 21.9. The molecule has 0 saturated heterocycles. The Morgan fingerprint density at radius 1 is 1.06 bits per heavy atom. The van der Waals surface area contributed by atoms with Gasteiger partial charge >= 0.3 is 0 Å². The number of hydrogen-bond acceptors (Lipinski definition) is 4. The summed E-state index contributed by atoms with van der Waals surface area (Å²) in [6, 6.07) is 21.4. The standard InChI is InChI=1S/C25H26N2O4S/c1-18-13-14-23(31-3)24(15-18)32(29,30)26(21-10-5-4-6-11-21)17-25(28)27-19(2)16-20-9-7-8-12-22(20)27/h4-15,19H,16-17H2,1-3H3. The zero-order chi connectivity index (χ0) is 22.9. The van der Waals surface area contributed by atoms with Gasteiger partial charge in [-0.2, -0.15) is 0 Å². The van der Waals surface area contributed by atoms with Gasteiger partial charge in [-0.05, 0) is 61.7 Å². The molecule has 32 heavy (non-hydrogen) atoms. The van der Waals surface area contributed by atoms with E-state index in [-0.39, 0.29) is 29.1 Å². The van der Waals surface area contributed by atoms with Crippen molar-refractivity contribution in [1.82, 2.24) is 0 Å². The lowest BCUT2D eigenvalue weighted by molar-refractivity contribution is -0.117. The highest BCUT2D eigenvalue weighted by Gasteiger charge is 2.35. The number of carbonyl (C=O) groups excluding carboxylic acids is 1. The number of ether oxygens (including phenoxy) is 1. The van der Waals surface area contributed by atoms with Gasteiger partial charge in [0.15, 0.2) is 0 Å². The van der Waals surface area contributed by atoms with Crippen LogP contribution in [-0.2, 0) is 21.2 Å². The minimum absolute atomic E-state index is 0.0338. The van der Waals surface area contributed by atoms with Gasteiger partial charge in [-0.25, -0.2) is 8.42 Å². The third-order valence-corrected chi connectivity index (χ3v) is 7.48. The Morgan fingerprint density at radius 2 is 1.75 bits per heavy atom. The number of carbonyl (C=O) groups is 1. The van der Waals surface area contributed by atoms with E-state index >= 15 is 0 Å². The number of benzene rings is 3. The topological polar surface area (TPSA) is 66.9 Å². The lowest BCUT2D eigenvalue weighted by Gasteiger charge is -2.29. The highest BCUT2D eigenvalue weighted by atomic mass is 32.2. The lowest BCUT2D eigenvalue weighted by atomic mass is 10.1. The molecule has 1 aliphatic rings. The minimum atomic E-state index is -4.08. The van der Waals surface area contributed by atoms with Gasteiger partial charge in [-0.1, -0.05) is 42.5 Å².